The predicted octanol–water partition coefficient (Wildman–Crippen LogP) is 2.03. The molecular formula is C10H13N. The monoisotopic (exact) mass is 147 g/mol. The van der Waals surface area contributed by atoms with E-state index in [0.717, 1.165) is 0 Å². The van der Waals surface area contributed by atoms with Crippen molar-refractivity contribution in [3.63, 3.8) is 0 Å². The van der Waals surface area contributed by atoms with Crippen LogP contribution in [0.2, 0.25) is 0 Å². The Morgan fingerprint density at radius 2 is 2.09 bits per heavy atom. The molecule has 0 spiro atoms. The molecule has 0 radical (unpaired) electrons. The maximum atomic E-state index is 3.40. The van der Waals surface area contributed by atoms with Gasteiger partial charge in [0.25, 0.3) is 0 Å². The highest BCUT2D eigenvalue weighted by atomic mass is 15.0. The molecule has 1 aliphatic rings. The summed E-state index contributed by atoms with van der Waals surface area (Å²) in [6, 6.07) is 9.23. The first-order valence-corrected chi connectivity index (χ1v) is 4.17. The van der Waals surface area contributed by atoms with Crippen LogP contribution in [0.1, 0.15) is 23.6 Å². The van der Waals surface area contributed by atoms with E-state index in [1.165, 1.54) is 24.1 Å². The van der Waals surface area contributed by atoms with Gasteiger partial charge in [0.1, 0.15) is 0 Å². The van der Waals surface area contributed by atoms with E-state index < -0.39 is 0 Å². The van der Waals surface area contributed by atoms with E-state index in [4.69, 9.17) is 0 Å². The third-order valence-corrected chi connectivity index (χ3v) is 2.39. The number of hydrogen-bond donors (Lipinski definition) is 1. The normalized spacial score (nSPS) is 22.8. The van der Waals surface area contributed by atoms with Gasteiger partial charge in [0, 0.05) is 6.04 Å². The zero-order chi connectivity index (χ0) is 7.68. The average Bonchev–Trinajstić information content (AvgIpc) is 1.90. The molecule has 1 aliphatic heterocycles. The second kappa shape index (κ2) is 2.67. The van der Waals surface area contributed by atoms with Gasteiger partial charge in [0.15, 0.2) is 0 Å². The molecule has 1 saturated heterocycles. The van der Waals surface area contributed by atoms with E-state index in [1.54, 1.807) is 0 Å². The van der Waals surface area contributed by atoms with E-state index >= 15 is 0 Å². The highest BCUT2D eigenvalue weighted by molar-refractivity contribution is 5.29. The standard InChI is InChI=1S/C10H13N/c1-8-4-2-3-5-9(8)10-6-7-11-10/h2-5,10-11H,6-7H2,1H3/t10-/m0/s1. The van der Waals surface area contributed by atoms with Gasteiger partial charge in [-0.1, -0.05) is 24.3 Å². The quantitative estimate of drug-likeness (QED) is 0.641. The first kappa shape index (κ1) is 6.86. The van der Waals surface area contributed by atoms with Crippen LogP contribution in [0.25, 0.3) is 0 Å². The molecule has 1 fully saturated rings. The Balaban J connectivity index is 2.28. The first-order valence-electron chi connectivity index (χ1n) is 4.17. The van der Waals surface area contributed by atoms with Gasteiger partial charge >= 0.3 is 0 Å². The van der Waals surface area contributed by atoms with E-state index in [9.17, 15) is 0 Å². The van der Waals surface area contributed by atoms with Crippen molar-refractivity contribution in [2.45, 2.75) is 19.4 Å². The van der Waals surface area contributed by atoms with Crippen molar-refractivity contribution in [3.8, 4) is 0 Å². The molecule has 1 heterocycles. The fourth-order valence-electron chi connectivity index (χ4n) is 1.53. The summed E-state index contributed by atoms with van der Waals surface area (Å²) in [5.74, 6) is 0. The molecule has 11 heavy (non-hydrogen) atoms. The van der Waals surface area contributed by atoms with Gasteiger partial charge in [-0.05, 0) is 31.0 Å². The van der Waals surface area contributed by atoms with Crippen molar-refractivity contribution < 1.29 is 0 Å². The van der Waals surface area contributed by atoms with E-state index in [2.05, 4.69) is 36.5 Å². The highest BCUT2D eigenvalue weighted by Gasteiger charge is 2.18. The van der Waals surface area contributed by atoms with Crippen LogP contribution in [0, 0.1) is 6.92 Å². The lowest BCUT2D eigenvalue weighted by atomic mass is 9.94. The molecular weight excluding hydrogens is 134 g/mol. The summed E-state index contributed by atoms with van der Waals surface area (Å²) >= 11 is 0. The molecule has 1 aromatic rings. The SMILES string of the molecule is Cc1ccccc1[C@@H]1CCN1. The highest BCUT2D eigenvalue weighted by Crippen LogP contribution is 2.24. The van der Waals surface area contributed by atoms with Crippen molar-refractivity contribution in [2.24, 2.45) is 0 Å². The molecule has 0 aromatic heterocycles. The third kappa shape index (κ3) is 1.16. The summed E-state index contributed by atoms with van der Waals surface area (Å²) in [7, 11) is 0. The Labute approximate surface area is 67.4 Å². The molecule has 0 aliphatic carbocycles. The summed E-state index contributed by atoms with van der Waals surface area (Å²) in [6.07, 6.45) is 1.30. The van der Waals surface area contributed by atoms with Crippen LogP contribution in [-0.2, 0) is 0 Å². The van der Waals surface area contributed by atoms with Crippen molar-refractivity contribution in [1.82, 2.24) is 5.32 Å². The number of hydrogen-bond acceptors (Lipinski definition) is 1. The van der Waals surface area contributed by atoms with Gasteiger partial charge in [-0.3, -0.25) is 0 Å². The van der Waals surface area contributed by atoms with Gasteiger partial charge < -0.3 is 5.32 Å². The molecule has 0 amide bonds. The summed E-state index contributed by atoms with van der Waals surface area (Å²) in [4.78, 5) is 0. The third-order valence-electron chi connectivity index (χ3n) is 2.39. The topological polar surface area (TPSA) is 12.0 Å². The van der Waals surface area contributed by atoms with Gasteiger partial charge in [0.2, 0.25) is 0 Å². The largest absolute Gasteiger partial charge is 0.310 e. The zero-order valence-electron chi connectivity index (χ0n) is 6.80. The van der Waals surface area contributed by atoms with Crippen LogP contribution in [-0.4, -0.2) is 6.54 Å². The molecule has 1 atom stereocenters. The summed E-state index contributed by atoms with van der Waals surface area (Å²) < 4.78 is 0. The van der Waals surface area contributed by atoms with Crippen LogP contribution < -0.4 is 5.32 Å². The molecule has 1 nitrogen and oxygen atoms in total. The van der Waals surface area contributed by atoms with Gasteiger partial charge in [-0.2, -0.15) is 0 Å². The van der Waals surface area contributed by atoms with Crippen molar-refractivity contribution in [3.05, 3.63) is 35.4 Å². The van der Waals surface area contributed by atoms with Gasteiger partial charge in [-0.15, -0.1) is 0 Å². The lowest BCUT2D eigenvalue weighted by Crippen LogP contribution is -2.35. The Kier molecular flexibility index (Phi) is 1.66. The second-order valence-corrected chi connectivity index (χ2v) is 3.15. The van der Waals surface area contributed by atoms with Crippen LogP contribution >= 0.6 is 0 Å². The molecule has 1 heteroatoms. The molecule has 2 rings (SSSR count). The molecule has 1 N–H and O–H groups in total. The van der Waals surface area contributed by atoms with Crippen molar-refractivity contribution in [1.29, 1.82) is 0 Å². The average molecular weight is 147 g/mol. The van der Waals surface area contributed by atoms with Gasteiger partial charge in [0.05, 0.1) is 0 Å². The number of nitrogens with one attached hydrogen (secondary N) is 1. The summed E-state index contributed by atoms with van der Waals surface area (Å²) in [6.45, 7) is 3.36. The van der Waals surface area contributed by atoms with E-state index in [-0.39, 0.29) is 0 Å². The Morgan fingerprint density at radius 1 is 1.36 bits per heavy atom. The maximum absolute atomic E-state index is 3.40. The van der Waals surface area contributed by atoms with E-state index in [1.807, 2.05) is 0 Å². The smallest absolute Gasteiger partial charge is 0.0334 e. The minimum absolute atomic E-state index is 0.635. The predicted molar refractivity (Wildman–Crippen MR) is 46.5 cm³/mol. The summed E-state index contributed by atoms with van der Waals surface area (Å²) in [5.41, 5.74) is 2.88. The van der Waals surface area contributed by atoms with Crippen LogP contribution in [0.4, 0.5) is 0 Å². The maximum Gasteiger partial charge on any atom is 0.0334 e. The number of benzene rings is 1. The first-order chi connectivity index (χ1) is 5.38. The van der Waals surface area contributed by atoms with Crippen LogP contribution in [0.3, 0.4) is 0 Å². The molecule has 0 saturated carbocycles. The van der Waals surface area contributed by atoms with Gasteiger partial charge in [-0.25, -0.2) is 0 Å². The molecule has 1 aromatic carbocycles. The second-order valence-electron chi connectivity index (χ2n) is 3.15. The Morgan fingerprint density at radius 3 is 2.64 bits per heavy atom. The minimum Gasteiger partial charge on any atom is -0.310 e. The molecule has 0 bridgehead atoms. The number of aryl methyl sites for hydroxylation is 1. The van der Waals surface area contributed by atoms with Crippen LogP contribution in [0.15, 0.2) is 24.3 Å². The molecule has 0 unspecified atom stereocenters. The van der Waals surface area contributed by atoms with Crippen molar-refractivity contribution in [2.75, 3.05) is 6.54 Å². The fraction of sp³-hybridized carbons (Fsp3) is 0.400. The summed E-state index contributed by atoms with van der Waals surface area (Å²) in [5, 5.41) is 3.40. The Hall–Kier alpha value is -0.820. The van der Waals surface area contributed by atoms with E-state index in [0.29, 0.717) is 6.04 Å². The van der Waals surface area contributed by atoms with Crippen LogP contribution in [0.5, 0.6) is 0 Å². The zero-order valence-corrected chi connectivity index (χ0v) is 6.80. The minimum atomic E-state index is 0.635. The van der Waals surface area contributed by atoms with Crippen molar-refractivity contribution >= 4 is 0 Å². The number of rotatable bonds is 1. The molecule has 58 valence electrons. The fourth-order valence-corrected chi connectivity index (χ4v) is 1.53. The lowest BCUT2D eigenvalue weighted by Gasteiger charge is -2.29. The lowest BCUT2D eigenvalue weighted by molar-refractivity contribution is 0.382. The Bertz CT molecular complexity index is 251.